The highest BCUT2D eigenvalue weighted by molar-refractivity contribution is 5.80. The third kappa shape index (κ3) is 10.5. The second-order valence-electron chi connectivity index (χ2n) is 17.4. The maximum Gasteiger partial charge on any atom is 0.303 e. The average molecular weight is 756 g/mol. The Morgan fingerprint density at radius 2 is 1.68 bits per heavy atom. The topological polar surface area (TPSA) is 166 Å². The van der Waals surface area contributed by atoms with Crippen LogP contribution in [0.3, 0.4) is 0 Å². The summed E-state index contributed by atoms with van der Waals surface area (Å²) in [6.07, 6.45) is -2.48. The molecule has 1 aliphatic carbocycles. The van der Waals surface area contributed by atoms with Crippen LogP contribution >= 0.6 is 0 Å². The number of fused-ring (bicyclic) bond motifs is 2. The van der Waals surface area contributed by atoms with Gasteiger partial charge in [-0.2, -0.15) is 0 Å². The van der Waals surface area contributed by atoms with Gasteiger partial charge in [0.05, 0.1) is 35.9 Å². The molecule has 3 heterocycles. The molecule has 2 bridgehead atoms. The Kier molecular flexibility index (Phi) is 14.8. The number of esters is 1. The number of methoxy groups -OCH3 is 1. The van der Waals surface area contributed by atoms with Crippen LogP contribution in [0.15, 0.2) is 0 Å². The molecule has 0 aromatic rings. The van der Waals surface area contributed by atoms with Crippen LogP contribution in [-0.2, 0) is 42.8 Å². The normalized spacial score (nSPS) is 45.2. The maximum atomic E-state index is 14.3. The largest absolute Gasteiger partial charge is 0.457 e. The number of aliphatic hydroxyl groups is 2. The van der Waals surface area contributed by atoms with Crippen molar-refractivity contribution in [1.82, 2.24) is 15.1 Å². The van der Waals surface area contributed by atoms with Crippen LogP contribution in [0.5, 0.6) is 0 Å². The fourth-order valence-corrected chi connectivity index (χ4v) is 9.44. The van der Waals surface area contributed by atoms with Gasteiger partial charge in [-0.05, 0) is 79.8 Å². The van der Waals surface area contributed by atoms with Crippen LogP contribution in [0.1, 0.15) is 100 Å². The summed E-state index contributed by atoms with van der Waals surface area (Å²) in [5.41, 5.74) is -2.50. The van der Waals surface area contributed by atoms with Gasteiger partial charge in [-0.25, -0.2) is 0 Å². The van der Waals surface area contributed by atoms with Crippen LogP contribution in [0.2, 0.25) is 0 Å². The third-order valence-electron chi connectivity index (χ3n) is 12.2. The summed E-state index contributed by atoms with van der Waals surface area (Å²) >= 11 is 0. The van der Waals surface area contributed by atoms with Gasteiger partial charge in [0.25, 0.3) is 0 Å². The lowest BCUT2D eigenvalue weighted by Gasteiger charge is -2.49. The van der Waals surface area contributed by atoms with Crippen molar-refractivity contribution in [3.8, 4) is 0 Å². The molecule has 4 aliphatic rings. The molecule has 0 aromatic heterocycles. The fourth-order valence-electron chi connectivity index (χ4n) is 9.44. The highest BCUT2D eigenvalue weighted by Gasteiger charge is 2.52. The average Bonchev–Trinajstić information content (AvgIpc) is 3.07. The Balaban J connectivity index is 1.77. The molecule has 0 radical (unpaired) electrons. The number of ether oxygens (including phenoxy) is 6. The minimum atomic E-state index is -1.53. The van der Waals surface area contributed by atoms with Crippen molar-refractivity contribution >= 4 is 17.8 Å². The molecule has 53 heavy (non-hydrogen) atoms. The number of nitrogens with zero attached hydrogens (tertiary/aromatic N) is 2. The van der Waals surface area contributed by atoms with Gasteiger partial charge in [0.15, 0.2) is 18.7 Å². The van der Waals surface area contributed by atoms with Crippen LogP contribution in [0.4, 0.5) is 0 Å². The number of nitrogens with one attached hydrogen (secondary N) is 1. The van der Waals surface area contributed by atoms with Crippen LogP contribution in [0, 0.1) is 23.7 Å². The first-order chi connectivity index (χ1) is 24.7. The predicted molar refractivity (Wildman–Crippen MR) is 196 cm³/mol. The van der Waals surface area contributed by atoms with Crippen LogP contribution < -0.4 is 5.32 Å². The van der Waals surface area contributed by atoms with E-state index in [-0.39, 0.29) is 54.7 Å². The summed E-state index contributed by atoms with van der Waals surface area (Å²) in [7, 11) is 7.15. The molecule has 14 nitrogen and oxygen atoms in total. The fraction of sp³-hybridized carbons (Fsp3) is 0.923. The minimum Gasteiger partial charge on any atom is -0.457 e. The zero-order valence-corrected chi connectivity index (χ0v) is 34.2. The number of carbonyl (C=O) groups excluding carboxylic acids is 3. The summed E-state index contributed by atoms with van der Waals surface area (Å²) in [6.45, 7) is 14.7. The van der Waals surface area contributed by atoms with Crippen LogP contribution in [0.25, 0.3) is 0 Å². The molecule has 4 fully saturated rings. The van der Waals surface area contributed by atoms with Crippen molar-refractivity contribution in [2.45, 2.75) is 173 Å². The lowest BCUT2D eigenvalue weighted by molar-refractivity contribution is -0.318. The van der Waals surface area contributed by atoms with E-state index in [1.165, 1.54) is 6.92 Å². The molecule has 14 heteroatoms. The Bertz CT molecular complexity index is 1250. The lowest BCUT2D eigenvalue weighted by atomic mass is 9.77. The molecule has 0 aromatic carbocycles. The predicted octanol–water partition coefficient (Wildman–Crippen LogP) is 2.85. The number of hydrogen-bond acceptors (Lipinski definition) is 12. The highest BCUT2D eigenvalue weighted by Crippen LogP contribution is 2.40. The van der Waals surface area contributed by atoms with E-state index in [1.54, 1.807) is 39.8 Å². The molecule has 2 amide bonds. The van der Waals surface area contributed by atoms with Crippen molar-refractivity contribution in [3.05, 3.63) is 0 Å². The van der Waals surface area contributed by atoms with Gasteiger partial charge < -0.3 is 53.8 Å². The molecule has 1 unspecified atom stereocenters. The van der Waals surface area contributed by atoms with E-state index < -0.39 is 72.1 Å². The molecule has 3 saturated heterocycles. The molecule has 16 atom stereocenters. The van der Waals surface area contributed by atoms with E-state index in [9.17, 15) is 24.6 Å². The van der Waals surface area contributed by atoms with Gasteiger partial charge in [-0.3, -0.25) is 14.4 Å². The molecule has 1 saturated carbocycles. The van der Waals surface area contributed by atoms with E-state index in [4.69, 9.17) is 28.4 Å². The van der Waals surface area contributed by atoms with Crippen LogP contribution in [-0.4, -0.2) is 145 Å². The standard InChI is InChI=1S/C39H69N3O11/c1-21-18-38(7,47)33(53-37-31(44)29(41(9)10)16-22(2)49-37)23(3)32(52-30-19-39(8,48-12)34(25(5)50-30)51-26(6)43)24(4)35(45)40-28-15-13-14-27(17-28)36(46)42(11)20-21/h21-25,27-34,37,44,47H,13-20H2,1-12H3,(H,40,45)/t21-,22-,23+,24-,25+,27?,28+,29+,30+,31-,32+,33-,34+,37+,38-,39-/m1/s1. The summed E-state index contributed by atoms with van der Waals surface area (Å²) in [5.74, 6) is -2.43. The smallest absolute Gasteiger partial charge is 0.303 e. The van der Waals surface area contributed by atoms with E-state index >= 15 is 0 Å². The Labute approximate surface area is 316 Å². The van der Waals surface area contributed by atoms with E-state index in [2.05, 4.69) is 5.32 Å². The minimum absolute atomic E-state index is 0.0417. The van der Waals surface area contributed by atoms with Gasteiger partial charge >= 0.3 is 5.97 Å². The first-order valence-corrected chi connectivity index (χ1v) is 19.6. The van der Waals surface area contributed by atoms with Crippen molar-refractivity contribution < 1.29 is 53.0 Å². The molecular formula is C39H69N3O11. The molecule has 3 aliphatic heterocycles. The van der Waals surface area contributed by atoms with Crippen molar-refractivity contribution in [3.63, 3.8) is 0 Å². The Morgan fingerprint density at radius 3 is 2.30 bits per heavy atom. The van der Waals surface area contributed by atoms with Gasteiger partial charge in [-0.15, -0.1) is 0 Å². The lowest BCUT2D eigenvalue weighted by Crippen LogP contribution is -2.61. The Hall–Kier alpha value is -1.91. The highest BCUT2D eigenvalue weighted by atomic mass is 16.7. The number of rotatable bonds is 7. The number of carbonyl (C=O) groups is 3. The molecule has 0 spiro atoms. The van der Waals surface area contributed by atoms with E-state index in [1.807, 2.05) is 46.7 Å². The van der Waals surface area contributed by atoms with Gasteiger partial charge in [0, 0.05) is 58.0 Å². The summed E-state index contributed by atoms with van der Waals surface area (Å²) in [6, 6.07) is -0.438. The van der Waals surface area contributed by atoms with Gasteiger partial charge in [0.2, 0.25) is 11.8 Å². The SMILES string of the molecule is CO[C@]1(C)C[C@H](O[C@H]2[C@H](C)[C@@H](O[C@@H]3O[C@H](C)C[C@H](N(C)C)[C@H]3O)[C@](C)(O)C[C@@H](C)CN(C)C(=O)C3CCC[C@@H](C3)NC(=O)[C@@H]2C)O[C@@H](C)[C@@H]1OC(C)=O. The summed E-state index contributed by atoms with van der Waals surface area (Å²) in [5, 5.41) is 27.3. The van der Waals surface area contributed by atoms with Crippen molar-refractivity contribution in [2.75, 3.05) is 34.8 Å². The molecular weight excluding hydrogens is 686 g/mol. The number of aliphatic hydroxyl groups excluding tert-OH is 1. The maximum absolute atomic E-state index is 14.3. The van der Waals surface area contributed by atoms with Crippen molar-refractivity contribution in [1.29, 1.82) is 0 Å². The third-order valence-corrected chi connectivity index (χ3v) is 12.2. The second kappa shape index (κ2) is 17.9. The Morgan fingerprint density at radius 1 is 1.00 bits per heavy atom. The molecule has 306 valence electrons. The quantitative estimate of drug-likeness (QED) is 0.326. The number of likely N-dealkylation sites (N-methyl/N-ethyl adjacent to an activating group) is 1. The first kappa shape index (κ1) is 43.8. The number of amides is 2. The van der Waals surface area contributed by atoms with E-state index in [0.29, 0.717) is 19.4 Å². The van der Waals surface area contributed by atoms with Crippen molar-refractivity contribution in [2.24, 2.45) is 23.7 Å². The monoisotopic (exact) mass is 755 g/mol. The van der Waals surface area contributed by atoms with E-state index in [0.717, 1.165) is 19.3 Å². The molecule has 3 N–H and O–H groups in total. The number of hydrogen-bond donors (Lipinski definition) is 3. The zero-order valence-electron chi connectivity index (χ0n) is 34.2. The summed E-state index contributed by atoms with van der Waals surface area (Å²) in [4.78, 5) is 43.6. The van der Waals surface area contributed by atoms with Gasteiger partial charge in [-0.1, -0.05) is 27.2 Å². The summed E-state index contributed by atoms with van der Waals surface area (Å²) < 4.78 is 37.7. The van der Waals surface area contributed by atoms with Gasteiger partial charge in [0.1, 0.15) is 11.7 Å². The molecule has 4 rings (SSSR count). The second-order valence-corrected chi connectivity index (χ2v) is 17.4. The first-order valence-electron chi connectivity index (χ1n) is 19.6. The zero-order chi connectivity index (χ0) is 39.6.